The van der Waals surface area contributed by atoms with Crippen LogP contribution in [0.5, 0.6) is 11.5 Å². The van der Waals surface area contributed by atoms with E-state index in [0.717, 1.165) is 12.0 Å². The number of carbonyl (C=O) groups excluding carboxylic acids is 1. The molecule has 2 rings (SSSR count). The third-order valence-electron chi connectivity index (χ3n) is 3.35. The Morgan fingerprint density at radius 1 is 1.12 bits per heavy atom. The van der Waals surface area contributed by atoms with Gasteiger partial charge >= 0.3 is 0 Å². The van der Waals surface area contributed by atoms with Crippen LogP contribution in [-0.4, -0.2) is 36.6 Å². The Labute approximate surface area is 141 Å². The smallest absolute Gasteiger partial charge is 0.254 e. The number of hydrogen-bond acceptors (Lipinski definition) is 6. The van der Waals surface area contributed by atoms with Crippen LogP contribution in [0.25, 0.3) is 0 Å². The van der Waals surface area contributed by atoms with Gasteiger partial charge in [-0.3, -0.25) is 4.79 Å². The Balaban J connectivity index is 1.96. The first-order valence-electron chi connectivity index (χ1n) is 7.73. The molecule has 7 heteroatoms. The summed E-state index contributed by atoms with van der Waals surface area (Å²) >= 11 is 0. The van der Waals surface area contributed by atoms with Crippen molar-refractivity contribution in [2.45, 2.75) is 19.9 Å². The van der Waals surface area contributed by atoms with Crippen molar-refractivity contribution in [1.29, 1.82) is 0 Å². The highest BCUT2D eigenvalue weighted by Crippen LogP contribution is 2.27. The number of ether oxygens (including phenoxy) is 2. The minimum atomic E-state index is -0.164. The first-order chi connectivity index (χ1) is 11.7. The van der Waals surface area contributed by atoms with Gasteiger partial charge in [0.25, 0.3) is 5.91 Å². The van der Waals surface area contributed by atoms with Gasteiger partial charge in [0.1, 0.15) is 0 Å². The molecule has 24 heavy (non-hydrogen) atoms. The molecule has 1 aromatic carbocycles. The summed E-state index contributed by atoms with van der Waals surface area (Å²) in [7, 11) is 3.20. The van der Waals surface area contributed by atoms with Crippen LogP contribution >= 0.6 is 0 Å². The largest absolute Gasteiger partial charge is 0.493 e. The Morgan fingerprint density at radius 3 is 2.46 bits per heavy atom. The van der Waals surface area contributed by atoms with E-state index in [4.69, 9.17) is 9.47 Å². The molecular weight excluding hydrogens is 308 g/mol. The van der Waals surface area contributed by atoms with E-state index in [1.54, 1.807) is 14.2 Å². The van der Waals surface area contributed by atoms with E-state index >= 15 is 0 Å². The Kier molecular flexibility index (Phi) is 6.36. The SMILES string of the molecule is CCCNC(=O)c1cnc(NCc2ccc(OC)c(OC)c2)nc1. The molecule has 0 aliphatic rings. The van der Waals surface area contributed by atoms with Gasteiger partial charge in [0.15, 0.2) is 11.5 Å². The monoisotopic (exact) mass is 330 g/mol. The maximum Gasteiger partial charge on any atom is 0.254 e. The molecule has 0 unspecified atom stereocenters. The van der Waals surface area contributed by atoms with Crippen molar-refractivity contribution in [2.24, 2.45) is 0 Å². The van der Waals surface area contributed by atoms with E-state index in [0.29, 0.717) is 36.1 Å². The lowest BCUT2D eigenvalue weighted by molar-refractivity contribution is 0.0953. The number of methoxy groups -OCH3 is 2. The third kappa shape index (κ3) is 4.58. The van der Waals surface area contributed by atoms with E-state index in [9.17, 15) is 4.79 Å². The predicted molar refractivity (Wildman–Crippen MR) is 91.5 cm³/mol. The van der Waals surface area contributed by atoms with Crippen LogP contribution in [0, 0.1) is 0 Å². The van der Waals surface area contributed by atoms with E-state index in [1.165, 1.54) is 12.4 Å². The van der Waals surface area contributed by atoms with Gasteiger partial charge in [-0.2, -0.15) is 0 Å². The third-order valence-corrected chi connectivity index (χ3v) is 3.35. The molecule has 2 N–H and O–H groups in total. The average Bonchev–Trinajstić information content (AvgIpc) is 2.64. The van der Waals surface area contributed by atoms with E-state index in [1.807, 2.05) is 25.1 Å². The fourth-order valence-corrected chi connectivity index (χ4v) is 2.05. The Bertz CT molecular complexity index is 674. The molecule has 2 aromatic rings. The number of hydrogen-bond donors (Lipinski definition) is 2. The highest BCUT2D eigenvalue weighted by Gasteiger charge is 2.07. The maximum atomic E-state index is 11.8. The number of amides is 1. The summed E-state index contributed by atoms with van der Waals surface area (Å²) in [5.74, 6) is 1.64. The van der Waals surface area contributed by atoms with Crippen molar-refractivity contribution in [1.82, 2.24) is 15.3 Å². The highest BCUT2D eigenvalue weighted by molar-refractivity contribution is 5.93. The molecule has 0 fully saturated rings. The number of nitrogens with zero attached hydrogens (tertiary/aromatic N) is 2. The molecule has 0 spiro atoms. The molecule has 0 saturated carbocycles. The van der Waals surface area contributed by atoms with Crippen molar-refractivity contribution < 1.29 is 14.3 Å². The minimum Gasteiger partial charge on any atom is -0.493 e. The van der Waals surface area contributed by atoms with Crippen LogP contribution in [0.4, 0.5) is 5.95 Å². The van der Waals surface area contributed by atoms with Crippen molar-refractivity contribution in [3.63, 3.8) is 0 Å². The molecular formula is C17H22N4O3. The molecule has 0 bridgehead atoms. The Morgan fingerprint density at radius 2 is 1.83 bits per heavy atom. The quantitative estimate of drug-likeness (QED) is 0.772. The highest BCUT2D eigenvalue weighted by atomic mass is 16.5. The lowest BCUT2D eigenvalue weighted by Gasteiger charge is -2.10. The minimum absolute atomic E-state index is 0.164. The van der Waals surface area contributed by atoms with Crippen molar-refractivity contribution in [3.8, 4) is 11.5 Å². The maximum absolute atomic E-state index is 11.8. The van der Waals surface area contributed by atoms with Gasteiger partial charge in [-0.1, -0.05) is 13.0 Å². The fraction of sp³-hybridized carbons (Fsp3) is 0.353. The molecule has 1 aromatic heterocycles. The Hall–Kier alpha value is -2.83. The van der Waals surface area contributed by atoms with Crippen LogP contribution in [0.2, 0.25) is 0 Å². The molecule has 0 radical (unpaired) electrons. The van der Waals surface area contributed by atoms with Gasteiger partial charge in [-0.05, 0) is 24.1 Å². The summed E-state index contributed by atoms with van der Waals surface area (Å²) in [5.41, 5.74) is 1.45. The van der Waals surface area contributed by atoms with Gasteiger partial charge in [0.2, 0.25) is 5.95 Å². The second kappa shape index (κ2) is 8.71. The lowest BCUT2D eigenvalue weighted by Crippen LogP contribution is -2.24. The van der Waals surface area contributed by atoms with Gasteiger partial charge in [-0.25, -0.2) is 9.97 Å². The molecule has 1 heterocycles. The van der Waals surface area contributed by atoms with Crippen LogP contribution < -0.4 is 20.1 Å². The van der Waals surface area contributed by atoms with E-state index in [2.05, 4.69) is 20.6 Å². The summed E-state index contributed by atoms with van der Waals surface area (Å²) in [6, 6.07) is 5.66. The molecule has 0 atom stereocenters. The number of anilines is 1. The van der Waals surface area contributed by atoms with Gasteiger partial charge in [0.05, 0.1) is 19.8 Å². The van der Waals surface area contributed by atoms with Crippen molar-refractivity contribution in [2.75, 3.05) is 26.1 Å². The van der Waals surface area contributed by atoms with Gasteiger partial charge in [-0.15, -0.1) is 0 Å². The summed E-state index contributed by atoms with van der Waals surface area (Å²) in [5, 5.41) is 5.89. The summed E-state index contributed by atoms with van der Waals surface area (Å²) < 4.78 is 10.5. The fourth-order valence-electron chi connectivity index (χ4n) is 2.05. The first kappa shape index (κ1) is 17.5. The number of benzene rings is 1. The van der Waals surface area contributed by atoms with Crippen molar-refractivity contribution in [3.05, 3.63) is 41.7 Å². The van der Waals surface area contributed by atoms with E-state index < -0.39 is 0 Å². The zero-order valence-electron chi connectivity index (χ0n) is 14.1. The molecule has 1 amide bonds. The first-order valence-corrected chi connectivity index (χ1v) is 7.73. The molecule has 0 aliphatic heterocycles. The van der Waals surface area contributed by atoms with Crippen LogP contribution in [0.15, 0.2) is 30.6 Å². The van der Waals surface area contributed by atoms with Gasteiger partial charge < -0.3 is 20.1 Å². The normalized spacial score (nSPS) is 10.1. The topological polar surface area (TPSA) is 85.4 Å². The average molecular weight is 330 g/mol. The molecule has 128 valence electrons. The second-order valence-electron chi connectivity index (χ2n) is 5.09. The van der Waals surface area contributed by atoms with Gasteiger partial charge in [0, 0.05) is 25.5 Å². The van der Waals surface area contributed by atoms with Crippen LogP contribution in [0.1, 0.15) is 29.3 Å². The number of carbonyl (C=O) groups is 1. The number of nitrogens with one attached hydrogen (secondary N) is 2. The standard InChI is InChI=1S/C17H22N4O3/c1-4-7-18-16(22)13-10-20-17(21-11-13)19-9-12-5-6-14(23-2)15(8-12)24-3/h5-6,8,10-11H,4,7,9H2,1-3H3,(H,18,22)(H,19,20,21). The van der Waals surface area contributed by atoms with Crippen molar-refractivity contribution >= 4 is 11.9 Å². The zero-order valence-corrected chi connectivity index (χ0v) is 14.1. The second-order valence-corrected chi connectivity index (χ2v) is 5.09. The summed E-state index contributed by atoms with van der Waals surface area (Å²) in [4.78, 5) is 20.1. The zero-order chi connectivity index (χ0) is 17.4. The van der Waals surface area contributed by atoms with Crippen LogP contribution in [0.3, 0.4) is 0 Å². The molecule has 7 nitrogen and oxygen atoms in total. The van der Waals surface area contributed by atoms with E-state index in [-0.39, 0.29) is 5.91 Å². The summed E-state index contributed by atoms with van der Waals surface area (Å²) in [6.07, 6.45) is 3.90. The summed E-state index contributed by atoms with van der Waals surface area (Å²) in [6.45, 7) is 3.16. The lowest BCUT2D eigenvalue weighted by atomic mass is 10.2. The number of rotatable bonds is 8. The predicted octanol–water partition coefficient (Wildman–Crippen LogP) is 2.25. The van der Waals surface area contributed by atoms with Crippen LogP contribution in [-0.2, 0) is 6.54 Å². The molecule has 0 saturated heterocycles. The molecule has 0 aliphatic carbocycles. The number of aromatic nitrogens is 2.